The largest absolute Gasteiger partial charge is 0.449 e. The summed E-state index contributed by atoms with van der Waals surface area (Å²) in [4.78, 5) is 46.9. The fourth-order valence-electron chi connectivity index (χ4n) is 4.86. The van der Waals surface area contributed by atoms with Gasteiger partial charge in [0.25, 0.3) is 0 Å². The zero-order valence-corrected chi connectivity index (χ0v) is 16.8. The molecule has 3 aliphatic heterocycles. The van der Waals surface area contributed by atoms with Crippen LogP contribution in [0.15, 0.2) is 40.1 Å². The maximum atomic E-state index is 13.5. The van der Waals surface area contributed by atoms with Crippen molar-refractivity contribution in [3.8, 4) is 0 Å². The summed E-state index contributed by atoms with van der Waals surface area (Å²) in [6.07, 6.45) is 2.31. The van der Waals surface area contributed by atoms with Crippen molar-refractivity contribution >= 4 is 29.4 Å². The SMILES string of the molecule is CO[C@@]12[C@H](COC(N)=O)C3=C(C(=O)C(CSc4ncc[nH]4)=C(N)C3=O)N1C[C@@H]1N[C@@H]12. The summed E-state index contributed by atoms with van der Waals surface area (Å²) < 4.78 is 11.0. The number of methoxy groups -OCH3 is 1. The highest BCUT2D eigenvalue weighted by atomic mass is 32.2. The average Bonchev–Trinajstić information content (AvgIpc) is 3.08. The van der Waals surface area contributed by atoms with Crippen LogP contribution in [0, 0.1) is 5.92 Å². The third kappa shape index (κ3) is 2.47. The highest BCUT2D eigenvalue weighted by Crippen LogP contribution is 2.55. The van der Waals surface area contributed by atoms with Crippen molar-refractivity contribution in [2.24, 2.45) is 17.4 Å². The number of hydrogen-bond donors (Lipinski definition) is 4. The van der Waals surface area contributed by atoms with Gasteiger partial charge in [-0.25, -0.2) is 9.78 Å². The summed E-state index contributed by atoms with van der Waals surface area (Å²) in [6.45, 7) is 0.314. The van der Waals surface area contributed by atoms with Gasteiger partial charge in [-0.05, 0) is 0 Å². The van der Waals surface area contributed by atoms with Gasteiger partial charge in [0.1, 0.15) is 6.61 Å². The van der Waals surface area contributed by atoms with Crippen molar-refractivity contribution in [1.29, 1.82) is 0 Å². The number of fused-ring (bicyclic) bond motifs is 4. The Morgan fingerprint density at radius 2 is 2.23 bits per heavy atom. The lowest BCUT2D eigenvalue weighted by atomic mass is 9.82. The highest BCUT2D eigenvalue weighted by Gasteiger charge is 2.72. The molecule has 1 aliphatic carbocycles. The van der Waals surface area contributed by atoms with Crippen LogP contribution in [-0.4, -0.2) is 76.4 Å². The zero-order valence-electron chi connectivity index (χ0n) is 16.0. The molecule has 11 nitrogen and oxygen atoms in total. The number of nitrogens with two attached hydrogens (primary N) is 2. The first-order chi connectivity index (χ1) is 14.4. The standard InChI is InChI=1S/C18H20N6O5S/c1-28-18-8(5-29-16(20)27)10-12(24(18)4-9-15(18)23-9)13(25)7(11(19)14(10)26)6-30-17-21-2-3-22-17/h2-3,8-9,15,23H,4-6,19H2,1H3,(H2,20,27)(H,21,22)/t8-,9+,15+,18-/m1/s1. The number of thioether (sulfide) groups is 1. The van der Waals surface area contributed by atoms with Gasteiger partial charge in [0, 0.05) is 49.0 Å². The number of imidazole rings is 1. The molecule has 1 aromatic rings. The first kappa shape index (κ1) is 19.2. The molecule has 4 aliphatic rings. The summed E-state index contributed by atoms with van der Waals surface area (Å²) >= 11 is 1.28. The number of Topliss-reactive ketones (excluding diaryl/α,β-unsaturated/α-hetero) is 2. The van der Waals surface area contributed by atoms with E-state index in [1.165, 1.54) is 18.9 Å². The Kier molecular flexibility index (Phi) is 4.21. The Hall–Kier alpha value is -2.83. The number of primary amides is 1. The second-order valence-corrected chi connectivity index (χ2v) is 8.46. The van der Waals surface area contributed by atoms with Crippen molar-refractivity contribution in [2.45, 2.75) is 23.0 Å². The second-order valence-electron chi connectivity index (χ2n) is 7.50. The molecule has 158 valence electrons. The van der Waals surface area contributed by atoms with Crippen molar-refractivity contribution in [3.05, 3.63) is 34.9 Å². The van der Waals surface area contributed by atoms with Gasteiger partial charge in [-0.1, -0.05) is 11.8 Å². The smallest absolute Gasteiger partial charge is 0.404 e. The monoisotopic (exact) mass is 432 g/mol. The minimum atomic E-state index is -1.01. The fourth-order valence-corrected chi connectivity index (χ4v) is 5.71. The number of rotatable bonds is 6. The van der Waals surface area contributed by atoms with E-state index in [0.29, 0.717) is 11.7 Å². The molecule has 0 aromatic carbocycles. The molecule has 30 heavy (non-hydrogen) atoms. The molecule has 2 fully saturated rings. The lowest BCUT2D eigenvalue weighted by Gasteiger charge is -2.39. The fraction of sp³-hybridized carbons (Fsp3) is 0.444. The number of aromatic nitrogens is 2. The van der Waals surface area contributed by atoms with Crippen molar-refractivity contribution in [1.82, 2.24) is 20.2 Å². The molecule has 2 saturated heterocycles. The van der Waals surface area contributed by atoms with E-state index in [4.69, 9.17) is 20.9 Å². The zero-order chi connectivity index (χ0) is 21.2. The summed E-state index contributed by atoms with van der Waals surface area (Å²) in [6, 6.07) is 0.0273. The van der Waals surface area contributed by atoms with Gasteiger partial charge in [0.05, 0.1) is 23.4 Å². The van der Waals surface area contributed by atoms with Gasteiger partial charge in [0.15, 0.2) is 10.9 Å². The number of carbonyl (C=O) groups excluding carboxylic acids is 3. The number of allylic oxidation sites excluding steroid dienone is 2. The third-order valence-corrected chi connectivity index (χ3v) is 7.09. The molecule has 0 unspecified atom stereocenters. The number of amides is 1. The Morgan fingerprint density at radius 1 is 1.43 bits per heavy atom. The van der Waals surface area contributed by atoms with Crippen LogP contribution in [0.1, 0.15) is 0 Å². The second kappa shape index (κ2) is 6.59. The first-order valence-corrected chi connectivity index (χ1v) is 10.3. The van der Waals surface area contributed by atoms with E-state index in [1.807, 2.05) is 4.90 Å². The van der Waals surface area contributed by atoms with Crippen molar-refractivity contribution in [3.63, 3.8) is 0 Å². The number of aromatic amines is 1. The van der Waals surface area contributed by atoms with Gasteiger partial charge in [-0.15, -0.1) is 0 Å². The maximum absolute atomic E-state index is 13.5. The summed E-state index contributed by atoms with van der Waals surface area (Å²) in [5.74, 6) is -1.25. The highest BCUT2D eigenvalue weighted by molar-refractivity contribution is 7.99. The van der Waals surface area contributed by atoms with Crippen LogP contribution in [0.3, 0.4) is 0 Å². The van der Waals surface area contributed by atoms with Gasteiger partial charge in [-0.3, -0.25) is 9.59 Å². The minimum Gasteiger partial charge on any atom is -0.449 e. The number of nitrogens with one attached hydrogen (secondary N) is 2. The minimum absolute atomic E-state index is 0.0997. The molecular formula is C18H20N6O5S. The molecule has 5 rings (SSSR count). The number of nitrogens with zero attached hydrogens (tertiary/aromatic N) is 2. The van der Waals surface area contributed by atoms with E-state index in [-0.39, 0.29) is 52.8 Å². The number of ketones is 2. The molecule has 12 heteroatoms. The predicted octanol–water partition coefficient (Wildman–Crippen LogP) is -1.16. The first-order valence-electron chi connectivity index (χ1n) is 9.35. The average molecular weight is 432 g/mol. The number of ether oxygens (including phenoxy) is 2. The van der Waals surface area contributed by atoms with E-state index in [1.54, 1.807) is 12.4 Å². The van der Waals surface area contributed by atoms with E-state index < -0.39 is 23.5 Å². The molecule has 1 amide bonds. The normalized spacial score (nSPS) is 31.8. The van der Waals surface area contributed by atoms with Gasteiger partial charge in [0.2, 0.25) is 11.6 Å². The Labute approximate surface area is 175 Å². The Bertz CT molecular complexity index is 1020. The lowest BCUT2D eigenvalue weighted by molar-refractivity contribution is -0.137. The van der Waals surface area contributed by atoms with E-state index in [0.717, 1.165) is 0 Å². The number of hydrogen-bond acceptors (Lipinski definition) is 10. The van der Waals surface area contributed by atoms with E-state index >= 15 is 0 Å². The summed E-state index contributed by atoms with van der Waals surface area (Å²) in [7, 11) is 1.52. The topological polar surface area (TPSA) is 176 Å². The molecule has 4 atom stereocenters. The molecule has 0 spiro atoms. The molecule has 4 heterocycles. The van der Waals surface area contributed by atoms with Gasteiger partial charge in [-0.2, -0.15) is 0 Å². The van der Waals surface area contributed by atoms with Crippen LogP contribution in [0.25, 0.3) is 0 Å². The van der Waals surface area contributed by atoms with E-state index in [2.05, 4.69) is 15.3 Å². The molecule has 0 bridgehead atoms. The summed E-state index contributed by atoms with van der Waals surface area (Å²) in [5, 5.41) is 3.92. The maximum Gasteiger partial charge on any atom is 0.404 e. The lowest BCUT2D eigenvalue weighted by Crippen LogP contribution is -2.55. The van der Waals surface area contributed by atoms with Crippen molar-refractivity contribution < 1.29 is 23.9 Å². The van der Waals surface area contributed by atoms with E-state index in [9.17, 15) is 14.4 Å². The van der Waals surface area contributed by atoms with Gasteiger partial charge >= 0.3 is 6.09 Å². The molecule has 0 radical (unpaired) electrons. The number of carbonyl (C=O) groups is 3. The van der Waals surface area contributed by atoms with Crippen molar-refractivity contribution in [2.75, 3.05) is 26.0 Å². The van der Waals surface area contributed by atoms with Crippen LogP contribution >= 0.6 is 11.8 Å². The quantitative estimate of drug-likeness (QED) is 0.244. The molecule has 1 aromatic heterocycles. The predicted molar refractivity (Wildman–Crippen MR) is 104 cm³/mol. The van der Waals surface area contributed by atoms with Crippen LogP contribution in [0.5, 0.6) is 0 Å². The molecule has 0 saturated carbocycles. The number of piperazine rings is 1. The molecule has 6 N–H and O–H groups in total. The molecular weight excluding hydrogens is 412 g/mol. The van der Waals surface area contributed by atoms with Crippen LogP contribution in [0.4, 0.5) is 4.79 Å². The van der Waals surface area contributed by atoms with Crippen LogP contribution < -0.4 is 16.8 Å². The van der Waals surface area contributed by atoms with Crippen LogP contribution in [0.2, 0.25) is 0 Å². The Balaban J connectivity index is 1.52. The summed E-state index contributed by atoms with van der Waals surface area (Å²) in [5.41, 5.74) is 10.9. The van der Waals surface area contributed by atoms with Crippen LogP contribution in [-0.2, 0) is 19.1 Å². The number of H-pyrrole nitrogens is 1. The Morgan fingerprint density at radius 3 is 2.90 bits per heavy atom. The van der Waals surface area contributed by atoms with Gasteiger partial charge < -0.3 is 36.1 Å². The third-order valence-electron chi connectivity index (χ3n) is 6.16.